The Morgan fingerprint density at radius 3 is 2.75 bits per heavy atom. The number of ether oxygens (including phenoxy) is 2. The Morgan fingerprint density at radius 2 is 2.00 bits per heavy atom. The molecule has 2 aliphatic rings. The Morgan fingerprint density at radius 1 is 1.21 bits per heavy atom. The van der Waals surface area contributed by atoms with Gasteiger partial charge in [-0.15, -0.1) is 0 Å². The van der Waals surface area contributed by atoms with Crippen LogP contribution in [0, 0.1) is 0 Å². The van der Waals surface area contributed by atoms with Gasteiger partial charge in [0.2, 0.25) is 0 Å². The predicted octanol–water partition coefficient (Wildman–Crippen LogP) is 2.60. The van der Waals surface area contributed by atoms with Gasteiger partial charge in [0.25, 0.3) is 0 Å². The lowest BCUT2D eigenvalue weighted by Gasteiger charge is -2.22. The molecule has 1 aliphatic carbocycles. The maximum Gasteiger partial charge on any atom is 0.191 e. The van der Waals surface area contributed by atoms with E-state index in [4.69, 9.17) is 14.5 Å². The minimum Gasteiger partial charge on any atom is -0.381 e. The highest BCUT2D eigenvalue weighted by Gasteiger charge is 2.22. The van der Waals surface area contributed by atoms with Gasteiger partial charge in [-0.25, -0.2) is 4.99 Å². The van der Waals surface area contributed by atoms with Gasteiger partial charge in [-0.3, -0.25) is 0 Å². The number of benzene rings is 1. The van der Waals surface area contributed by atoms with Crippen LogP contribution in [0.15, 0.2) is 29.3 Å². The lowest BCUT2D eigenvalue weighted by Crippen LogP contribution is -2.38. The molecule has 132 valence electrons. The van der Waals surface area contributed by atoms with Crippen LogP contribution in [-0.2, 0) is 22.6 Å². The molecule has 24 heavy (non-hydrogen) atoms. The Hall–Kier alpha value is -1.59. The fourth-order valence-corrected chi connectivity index (χ4v) is 2.79. The minimum atomic E-state index is 0.337. The van der Waals surface area contributed by atoms with Crippen LogP contribution < -0.4 is 10.6 Å². The van der Waals surface area contributed by atoms with Crippen LogP contribution in [-0.4, -0.2) is 37.9 Å². The van der Waals surface area contributed by atoms with Crippen molar-refractivity contribution in [1.82, 2.24) is 10.6 Å². The van der Waals surface area contributed by atoms with Crippen molar-refractivity contribution in [3.63, 3.8) is 0 Å². The molecule has 5 heteroatoms. The number of nitrogens with one attached hydrogen (secondary N) is 2. The summed E-state index contributed by atoms with van der Waals surface area (Å²) in [7, 11) is 0. The third-order valence-electron chi connectivity index (χ3n) is 4.33. The maximum atomic E-state index is 6.01. The molecule has 1 aromatic carbocycles. The van der Waals surface area contributed by atoms with Gasteiger partial charge >= 0.3 is 0 Å². The smallest absolute Gasteiger partial charge is 0.191 e. The monoisotopic (exact) mass is 331 g/mol. The second kappa shape index (κ2) is 9.04. The molecule has 1 aliphatic heterocycles. The van der Waals surface area contributed by atoms with E-state index < -0.39 is 0 Å². The number of guanidine groups is 1. The van der Waals surface area contributed by atoms with E-state index >= 15 is 0 Å². The zero-order valence-corrected chi connectivity index (χ0v) is 14.6. The summed E-state index contributed by atoms with van der Waals surface area (Å²) in [6.07, 6.45) is 4.85. The summed E-state index contributed by atoms with van der Waals surface area (Å²) in [5.41, 5.74) is 2.44. The lowest BCUT2D eigenvalue weighted by atomic mass is 10.1. The van der Waals surface area contributed by atoms with Gasteiger partial charge in [0.05, 0.1) is 19.3 Å². The van der Waals surface area contributed by atoms with Crippen LogP contribution >= 0.6 is 0 Å². The number of nitrogens with zero attached hydrogens (tertiary/aromatic N) is 1. The molecule has 0 spiro atoms. The number of rotatable bonds is 7. The van der Waals surface area contributed by atoms with Crippen molar-refractivity contribution >= 4 is 5.96 Å². The van der Waals surface area contributed by atoms with Crippen molar-refractivity contribution in [2.24, 2.45) is 4.99 Å². The highest BCUT2D eigenvalue weighted by molar-refractivity contribution is 5.80. The van der Waals surface area contributed by atoms with E-state index in [2.05, 4.69) is 41.8 Å². The summed E-state index contributed by atoms with van der Waals surface area (Å²) in [6.45, 7) is 5.98. The highest BCUT2D eigenvalue weighted by Crippen LogP contribution is 2.18. The fourth-order valence-electron chi connectivity index (χ4n) is 2.79. The van der Waals surface area contributed by atoms with Crippen LogP contribution in [0.3, 0.4) is 0 Å². The van der Waals surface area contributed by atoms with E-state index in [-0.39, 0.29) is 0 Å². The van der Waals surface area contributed by atoms with E-state index in [9.17, 15) is 0 Å². The third kappa shape index (κ3) is 5.80. The summed E-state index contributed by atoms with van der Waals surface area (Å²) in [5.74, 6) is 0.920. The molecule has 0 aromatic heterocycles. The summed E-state index contributed by atoms with van der Waals surface area (Å²) in [5, 5.41) is 6.76. The molecule has 0 radical (unpaired) electrons. The first-order chi connectivity index (χ1) is 11.8. The number of aliphatic imine (C=N–C) groups is 1. The number of hydrogen-bond acceptors (Lipinski definition) is 3. The molecular formula is C19H29N3O2. The molecule has 1 aromatic rings. The molecule has 1 saturated carbocycles. The van der Waals surface area contributed by atoms with Gasteiger partial charge in [0, 0.05) is 25.8 Å². The molecule has 5 nitrogen and oxygen atoms in total. The van der Waals surface area contributed by atoms with Crippen LogP contribution in [0.25, 0.3) is 0 Å². The largest absolute Gasteiger partial charge is 0.381 e. The number of hydrogen-bond donors (Lipinski definition) is 2. The summed E-state index contributed by atoms with van der Waals surface area (Å²) < 4.78 is 11.4. The molecule has 3 rings (SSSR count). The molecule has 1 heterocycles. The molecule has 0 unspecified atom stereocenters. The fraction of sp³-hybridized carbons (Fsp3) is 0.632. The third-order valence-corrected chi connectivity index (χ3v) is 4.33. The van der Waals surface area contributed by atoms with Crippen molar-refractivity contribution in [2.45, 2.75) is 57.9 Å². The predicted molar refractivity (Wildman–Crippen MR) is 96.0 cm³/mol. The summed E-state index contributed by atoms with van der Waals surface area (Å²) in [4.78, 5) is 4.69. The van der Waals surface area contributed by atoms with E-state index in [1.54, 1.807) is 0 Å². The van der Waals surface area contributed by atoms with Gasteiger partial charge in [0.1, 0.15) is 0 Å². The van der Waals surface area contributed by atoms with E-state index in [0.717, 1.165) is 38.6 Å². The second-order valence-electron chi connectivity index (χ2n) is 6.56. The van der Waals surface area contributed by atoms with Crippen LogP contribution in [0.5, 0.6) is 0 Å². The van der Waals surface area contributed by atoms with Gasteiger partial charge in [-0.05, 0) is 43.7 Å². The van der Waals surface area contributed by atoms with Crippen molar-refractivity contribution in [1.29, 1.82) is 0 Å². The Labute approximate surface area is 144 Å². The highest BCUT2D eigenvalue weighted by atomic mass is 16.5. The molecular weight excluding hydrogens is 302 g/mol. The summed E-state index contributed by atoms with van der Waals surface area (Å²) >= 11 is 0. The zero-order valence-electron chi connectivity index (χ0n) is 14.6. The average molecular weight is 331 g/mol. The van der Waals surface area contributed by atoms with Crippen molar-refractivity contribution in [3.05, 3.63) is 35.4 Å². The first-order valence-electron chi connectivity index (χ1n) is 9.15. The molecule has 1 saturated heterocycles. The lowest BCUT2D eigenvalue weighted by molar-refractivity contribution is -0.0390. The van der Waals surface area contributed by atoms with Crippen LogP contribution in [0.1, 0.15) is 43.7 Å². The molecule has 2 N–H and O–H groups in total. The normalized spacial score (nSPS) is 19.3. The first kappa shape index (κ1) is 17.2. The molecule has 0 amide bonds. The maximum absolute atomic E-state index is 6.01. The second-order valence-corrected chi connectivity index (χ2v) is 6.56. The van der Waals surface area contributed by atoms with Crippen LogP contribution in [0.4, 0.5) is 0 Å². The summed E-state index contributed by atoms with van der Waals surface area (Å²) in [6, 6.07) is 9.16. The minimum absolute atomic E-state index is 0.337. The van der Waals surface area contributed by atoms with Crippen molar-refractivity contribution in [2.75, 3.05) is 19.8 Å². The zero-order chi connectivity index (χ0) is 16.6. The standard InChI is InChI=1S/C19H29N3O2/c1-2-20-19(22-17-6-7-17)21-13-15-4-3-5-16(12-15)14-24-18-8-10-23-11-9-18/h3-5,12,17-18H,2,6-11,13-14H2,1H3,(H2,20,21,22). The van der Waals surface area contributed by atoms with E-state index in [0.29, 0.717) is 25.3 Å². The van der Waals surface area contributed by atoms with Gasteiger partial charge in [-0.1, -0.05) is 24.3 Å². The average Bonchev–Trinajstić information content (AvgIpc) is 3.43. The van der Waals surface area contributed by atoms with Gasteiger partial charge < -0.3 is 20.1 Å². The van der Waals surface area contributed by atoms with Gasteiger partial charge in [-0.2, -0.15) is 0 Å². The molecule has 2 fully saturated rings. The van der Waals surface area contributed by atoms with Gasteiger partial charge in [0.15, 0.2) is 5.96 Å². The SMILES string of the molecule is CCNC(=NCc1cccc(COC2CCOCC2)c1)NC1CC1. The quantitative estimate of drug-likeness (QED) is 0.596. The first-order valence-corrected chi connectivity index (χ1v) is 9.15. The van der Waals surface area contributed by atoms with E-state index in [1.165, 1.54) is 24.0 Å². The Bertz CT molecular complexity index is 537. The topological polar surface area (TPSA) is 54.9 Å². The Balaban J connectivity index is 1.51. The van der Waals surface area contributed by atoms with Crippen molar-refractivity contribution < 1.29 is 9.47 Å². The van der Waals surface area contributed by atoms with Crippen molar-refractivity contribution in [3.8, 4) is 0 Å². The Kier molecular flexibility index (Phi) is 6.49. The molecule has 0 atom stereocenters. The van der Waals surface area contributed by atoms with Crippen LogP contribution in [0.2, 0.25) is 0 Å². The molecule has 0 bridgehead atoms. The van der Waals surface area contributed by atoms with E-state index in [1.807, 2.05) is 0 Å².